The molecule has 1 aromatic carbocycles. The first-order chi connectivity index (χ1) is 11.0. The molecule has 0 atom stereocenters. The molecule has 0 radical (unpaired) electrons. The Balaban J connectivity index is 2.11. The SMILES string of the molecule is Cc1cccc(Cn2c(-c3csc(C)n3)cc(C(N)=O)c2C)c1. The van der Waals surface area contributed by atoms with E-state index in [4.69, 9.17) is 5.73 Å². The first-order valence-corrected chi connectivity index (χ1v) is 8.31. The molecular weight excluding hydrogens is 306 g/mol. The third-order valence-corrected chi connectivity index (χ3v) is 4.71. The van der Waals surface area contributed by atoms with Gasteiger partial charge < -0.3 is 10.3 Å². The van der Waals surface area contributed by atoms with Gasteiger partial charge in [-0.3, -0.25) is 4.79 Å². The Morgan fingerprint density at radius 1 is 1.26 bits per heavy atom. The molecule has 3 aromatic rings. The minimum absolute atomic E-state index is 0.404. The average Bonchev–Trinajstić information content (AvgIpc) is 3.04. The van der Waals surface area contributed by atoms with Crippen LogP contribution in [0.1, 0.15) is 32.2 Å². The standard InChI is InChI=1S/C18H19N3OS/c1-11-5-4-6-14(7-11)9-21-12(2)15(18(19)22)8-17(21)16-10-23-13(3)20-16/h4-8,10H,9H2,1-3H3,(H2,19,22). The highest BCUT2D eigenvalue weighted by molar-refractivity contribution is 7.09. The quantitative estimate of drug-likeness (QED) is 0.795. The number of benzene rings is 1. The molecule has 0 bridgehead atoms. The third-order valence-electron chi connectivity index (χ3n) is 3.94. The molecule has 3 rings (SSSR count). The Morgan fingerprint density at radius 2 is 2.04 bits per heavy atom. The van der Waals surface area contributed by atoms with Crippen LogP contribution >= 0.6 is 11.3 Å². The molecule has 0 aliphatic heterocycles. The molecule has 0 aliphatic carbocycles. The van der Waals surface area contributed by atoms with Crippen molar-refractivity contribution < 1.29 is 4.79 Å². The number of carbonyl (C=O) groups excluding carboxylic acids is 1. The van der Waals surface area contributed by atoms with E-state index < -0.39 is 5.91 Å². The van der Waals surface area contributed by atoms with Gasteiger partial charge in [-0.05, 0) is 32.4 Å². The number of primary amides is 1. The summed E-state index contributed by atoms with van der Waals surface area (Å²) >= 11 is 1.60. The van der Waals surface area contributed by atoms with E-state index in [0.717, 1.165) is 22.1 Å². The van der Waals surface area contributed by atoms with Crippen molar-refractivity contribution in [3.8, 4) is 11.4 Å². The summed E-state index contributed by atoms with van der Waals surface area (Å²) in [6.45, 7) is 6.67. The normalized spacial score (nSPS) is 10.9. The molecule has 118 valence electrons. The number of nitrogens with two attached hydrogens (primary N) is 1. The molecule has 4 nitrogen and oxygen atoms in total. The van der Waals surface area contributed by atoms with Crippen molar-refractivity contribution in [2.24, 2.45) is 5.73 Å². The Labute approximate surface area is 139 Å². The molecule has 1 amide bonds. The van der Waals surface area contributed by atoms with Gasteiger partial charge in [0.2, 0.25) is 0 Å². The van der Waals surface area contributed by atoms with Gasteiger partial charge in [0.1, 0.15) is 0 Å². The second kappa shape index (κ2) is 6.01. The van der Waals surface area contributed by atoms with Crippen LogP contribution in [0.4, 0.5) is 0 Å². The molecule has 2 heterocycles. The molecule has 2 N–H and O–H groups in total. The van der Waals surface area contributed by atoms with Gasteiger partial charge in [0.15, 0.2) is 0 Å². The summed E-state index contributed by atoms with van der Waals surface area (Å²) in [7, 11) is 0. The first kappa shape index (κ1) is 15.5. The van der Waals surface area contributed by atoms with E-state index in [9.17, 15) is 4.79 Å². The second-order valence-corrected chi connectivity index (χ2v) is 6.78. The number of thiazole rings is 1. The highest BCUT2D eigenvalue weighted by atomic mass is 32.1. The summed E-state index contributed by atoms with van der Waals surface area (Å²) in [5.74, 6) is -0.404. The smallest absolute Gasteiger partial charge is 0.250 e. The predicted octanol–water partition coefficient (Wildman–Crippen LogP) is 3.68. The van der Waals surface area contributed by atoms with Gasteiger partial charge in [-0.1, -0.05) is 29.8 Å². The number of hydrogen-bond acceptors (Lipinski definition) is 3. The maximum absolute atomic E-state index is 11.7. The highest BCUT2D eigenvalue weighted by Crippen LogP contribution is 2.28. The van der Waals surface area contributed by atoms with Crippen molar-refractivity contribution in [3.05, 3.63) is 63.1 Å². The Kier molecular flexibility index (Phi) is 4.05. The monoisotopic (exact) mass is 325 g/mol. The van der Waals surface area contributed by atoms with Crippen LogP contribution in [0.3, 0.4) is 0 Å². The number of aromatic nitrogens is 2. The van der Waals surface area contributed by atoms with E-state index in [-0.39, 0.29) is 0 Å². The lowest BCUT2D eigenvalue weighted by Crippen LogP contribution is -2.12. The van der Waals surface area contributed by atoms with E-state index in [2.05, 4.69) is 34.7 Å². The van der Waals surface area contributed by atoms with Gasteiger partial charge in [0.05, 0.1) is 22.0 Å². The van der Waals surface area contributed by atoms with Gasteiger partial charge in [-0.25, -0.2) is 4.98 Å². The fourth-order valence-electron chi connectivity index (χ4n) is 2.78. The van der Waals surface area contributed by atoms with Crippen LogP contribution in [0.5, 0.6) is 0 Å². The molecule has 2 aromatic heterocycles. The van der Waals surface area contributed by atoms with E-state index in [1.165, 1.54) is 11.1 Å². The van der Waals surface area contributed by atoms with Gasteiger partial charge in [0, 0.05) is 17.6 Å². The second-order valence-electron chi connectivity index (χ2n) is 5.72. The number of rotatable bonds is 4. The van der Waals surface area contributed by atoms with Crippen LogP contribution in [0.25, 0.3) is 11.4 Å². The van der Waals surface area contributed by atoms with Crippen LogP contribution in [-0.4, -0.2) is 15.5 Å². The van der Waals surface area contributed by atoms with Crippen LogP contribution in [0.15, 0.2) is 35.7 Å². The fraction of sp³-hybridized carbons (Fsp3) is 0.222. The third kappa shape index (κ3) is 3.05. The number of nitrogens with zero attached hydrogens (tertiary/aromatic N) is 2. The zero-order valence-corrected chi connectivity index (χ0v) is 14.3. The zero-order chi connectivity index (χ0) is 16.6. The largest absolute Gasteiger partial charge is 0.366 e. The van der Waals surface area contributed by atoms with E-state index in [1.807, 2.05) is 31.4 Å². The molecule has 0 fully saturated rings. The maximum Gasteiger partial charge on any atom is 0.250 e. The fourth-order valence-corrected chi connectivity index (χ4v) is 3.39. The topological polar surface area (TPSA) is 60.9 Å². The van der Waals surface area contributed by atoms with Gasteiger partial charge in [-0.15, -0.1) is 11.3 Å². The van der Waals surface area contributed by atoms with Crippen molar-refractivity contribution in [1.82, 2.24) is 9.55 Å². The lowest BCUT2D eigenvalue weighted by atomic mass is 10.1. The Morgan fingerprint density at radius 3 is 2.65 bits per heavy atom. The van der Waals surface area contributed by atoms with Crippen molar-refractivity contribution in [2.75, 3.05) is 0 Å². The molecular formula is C18H19N3OS. The van der Waals surface area contributed by atoms with Crippen LogP contribution < -0.4 is 5.73 Å². The summed E-state index contributed by atoms with van der Waals surface area (Å²) in [5, 5.41) is 3.02. The summed E-state index contributed by atoms with van der Waals surface area (Å²) in [4.78, 5) is 16.3. The summed E-state index contributed by atoms with van der Waals surface area (Å²) in [6.07, 6.45) is 0. The number of aryl methyl sites for hydroxylation is 2. The molecule has 0 saturated heterocycles. The highest BCUT2D eigenvalue weighted by Gasteiger charge is 2.18. The van der Waals surface area contributed by atoms with Gasteiger partial charge in [-0.2, -0.15) is 0 Å². The van der Waals surface area contributed by atoms with Crippen molar-refractivity contribution in [1.29, 1.82) is 0 Å². The Hall–Kier alpha value is -2.40. The van der Waals surface area contributed by atoms with Gasteiger partial charge >= 0.3 is 0 Å². The van der Waals surface area contributed by atoms with Crippen molar-refractivity contribution in [2.45, 2.75) is 27.3 Å². The molecule has 0 unspecified atom stereocenters. The van der Waals surface area contributed by atoms with Crippen LogP contribution in [-0.2, 0) is 6.54 Å². The van der Waals surface area contributed by atoms with Crippen LogP contribution in [0, 0.1) is 20.8 Å². The van der Waals surface area contributed by atoms with E-state index in [0.29, 0.717) is 12.1 Å². The molecule has 23 heavy (non-hydrogen) atoms. The van der Waals surface area contributed by atoms with Crippen molar-refractivity contribution >= 4 is 17.2 Å². The van der Waals surface area contributed by atoms with Crippen molar-refractivity contribution in [3.63, 3.8) is 0 Å². The lowest BCUT2D eigenvalue weighted by Gasteiger charge is -2.11. The minimum atomic E-state index is -0.404. The molecule has 0 aliphatic rings. The number of carbonyl (C=O) groups is 1. The predicted molar refractivity (Wildman–Crippen MR) is 93.8 cm³/mol. The summed E-state index contributed by atoms with van der Waals surface area (Å²) in [5.41, 5.74) is 11.2. The number of hydrogen-bond donors (Lipinski definition) is 1. The first-order valence-electron chi connectivity index (χ1n) is 7.43. The van der Waals surface area contributed by atoms with E-state index in [1.54, 1.807) is 11.3 Å². The zero-order valence-electron chi connectivity index (χ0n) is 13.5. The molecule has 0 saturated carbocycles. The number of amides is 1. The Bertz CT molecular complexity index is 876. The molecule has 0 spiro atoms. The summed E-state index contributed by atoms with van der Waals surface area (Å²) in [6, 6.07) is 10.2. The maximum atomic E-state index is 11.7. The molecule has 5 heteroatoms. The minimum Gasteiger partial charge on any atom is -0.366 e. The average molecular weight is 325 g/mol. The van der Waals surface area contributed by atoms with E-state index >= 15 is 0 Å². The van der Waals surface area contributed by atoms with Crippen LogP contribution in [0.2, 0.25) is 0 Å². The lowest BCUT2D eigenvalue weighted by molar-refractivity contribution is 0.0999. The summed E-state index contributed by atoms with van der Waals surface area (Å²) < 4.78 is 2.11. The van der Waals surface area contributed by atoms with Gasteiger partial charge in [0.25, 0.3) is 5.91 Å².